The smallest absolute Gasteiger partial charge is 0.276 e. The zero-order valence-electron chi connectivity index (χ0n) is 16.6. The maximum atomic E-state index is 12.9. The number of amides is 1. The highest BCUT2D eigenvalue weighted by Crippen LogP contribution is 2.31. The molecule has 9 heteroatoms. The SMILES string of the molecule is Cc1ocnc1C(=O)N1CCc2nc(N(C)C)nc(N3CCC(O)CC3)c2C1. The van der Waals surface area contributed by atoms with E-state index in [0.29, 0.717) is 36.9 Å². The normalized spacial score (nSPS) is 17.6. The topological polar surface area (TPSA) is 98.8 Å². The quantitative estimate of drug-likeness (QED) is 0.834. The fourth-order valence-electron chi connectivity index (χ4n) is 3.76. The van der Waals surface area contributed by atoms with Gasteiger partial charge in [0.25, 0.3) is 5.91 Å². The molecule has 0 unspecified atom stereocenters. The van der Waals surface area contributed by atoms with Crippen LogP contribution in [0.15, 0.2) is 10.8 Å². The molecule has 0 aromatic carbocycles. The summed E-state index contributed by atoms with van der Waals surface area (Å²) in [6, 6.07) is 0. The second-order valence-electron chi connectivity index (χ2n) is 7.62. The molecular formula is C19H26N6O3. The Morgan fingerprint density at radius 3 is 2.64 bits per heavy atom. The predicted octanol–water partition coefficient (Wildman–Crippen LogP) is 0.999. The minimum absolute atomic E-state index is 0.131. The van der Waals surface area contributed by atoms with E-state index in [0.717, 1.165) is 43.0 Å². The number of rotatable bonds is 3. The summed E-state index contributed by atoms with van der Waals surface area (Å²) in [4.78, 5) is 32.4. The molecule has 4 rings (SSSR count). The lowest BCUT2D eigenvalue weighted by Crippen LogP contribution is -2.41. The van der Waals surface area contributed by atoms with Crippen molar-refractivity contribution in [1.29, 1.82) is 0 Å². The van der Waals surface area contributed by atoms with Gasteiger partial charge >= 0.3 is 0 Å². The zero-order valence-corrected chi connectivity index (χ0v) is 16.6. The summed E-state index contributed by atoms with van der Waals surface area (Å²) in [5.74, 6) is 1.94. The van der Waals surface area contributed by atoms with Crippen LogP contribution in [0.4, 0.5) is 11.8 Å². The molecule has 1 amide bonds. The fourth-order valence-corrected chi connectivity index (χ4v) is 3.76. The molecule has 1 saturated heterocycles. The highest BCUT2D eigenvalue weighted by atomic mass is 16.3. The number of nitrogens with zero attached hydrogens (tertiary/aromatic N) is 6. The molecule has 1 N–H and O–H groups in total. The summed E-state index contributed by atoms with van der Waals surface area (Å²) in [5.41, 5.74) is 2.33. The second-order valence-corrected chi connectivity index (χ2v) is 7.62. The summed E-state index contributed by atoms with van der Waals surface area (Å²) in [7, 11) is 3.86. The van der Waals surface area contributed by atoms with Crippen molar-refractivity contribution in [3.63, 3.8) is 0 Å². The first-order chi connectivity index (χ1) is 13.4. The number of hydrogen-bond donors (Lipinski definition) is 1. The number of oxazole rings is 1. The molecular weight excluding hydrogens is 360 g/mol. The summed E-state index contributed by atoms with van der Waals surface area (Å²) < 4.78 is 5.20. The van der Waals surface area contributed by atoms with Crippen LogP contribution in [-0.4, -0.2) is 70.7 Å². The number of carbonyl (C=O) groups is 1. The second kappa shape index (κ2) is 7.38. The summed E-state index contributed by atoms with van der Waals surface area (Å²) >= 11 is 0. The standard InChI is InChI=1S/C19H26N6O3/c1-12-16(20-11-28-12)18(27)25-9-6-15-14(10-25)17(22-19(21-15)23(2)3)24-7-4-13(26)5-8-24/h11,13,26H,4-10H2,1-3H3. The Labute approximate surface area is 164 Å². The molecule has 2 aromatic rings. The largest absolute Gasteiger partial charge is 0.448 e. The Balaban J connectivity index is 1.67. The highest BCUT2D eigenvalue weighted by Gasteiger charge is 2.31. The van der Waals surface area contributed by atoms with Crippen LogP contribution in [0, 0.1) is 6.92 Å². The Kier molecular flexibility index (Phi) is 4.92. The number of anilines is 2. The minimum atomic E-state index is -0.254. The third-order valence-corrected chi connectivity index (χ3v) is 5.43. The van der Waals surface area contributed by atoms with Gasteiger partial charge in [-0.3, -0.25) is 4.79 Å². The third-order valence-electron chi connectivity index (χ3n) is 5.43. The van der Waals surface area contributed by atoms with Gasteiger partial charge in [0.1, 0.15) is 11.6 Å². The van der Waals surface area contributed by atoms with Crippen molar-refractivity contribution in [1.82, 2.24) is 19.9 Å². The van der Waals surface area contributed by atoms with Crippen LogP contribution >= 0.6 is 0 Å². The molecule has 1 fully saturated rings. The summed E-state index contributed by atoms with van der Waals surface area (Å²) in [5, 5.41) is 9.87. The molecule has 2 aromatic heterocycles. The van der Waals surface area contributed by atoms with Crippen LogP contribution < -0.4 is 9.80 Å². The Hall–Kier alpha value is -2.68. The van der Waals surface area contributed by atoms with Crippen LogP contribution in [0.5, 0.6) is 0 Å². The number of aryl methyl sites for hydroxylation is 1. The monoisotopic (exact) mass is 386 g/mol. The van der Waals surface area contributed by atoms with Gasteiger partial charge in [-0.15, -0.1) is 0 Å². The van der Waals surface area contributed by atoms with Crippen LogP contribution in [0.25, 0.3) is 0 Å². The molecule has 9 nitrogen and oxygen atoms in total. The van der Waals surface area contributed by atoms with Gasteiger partial charge in [0.15, 0.2) is 12.1 Å². The molecule has 0 aliphatic carbocycles. The van der Waals surface area contributed by atoms with Crippen LogP contribution in [0.1, 0.15) is 40.3 Å². The first-order valence-electron chi connectivity index (χ1n) is 9.63. The minimum Gasteiger partial charge on any atom is -0.448 e. The maximum Gasteiger partial charge on any atom is 0.276 e. The molecule has 0 saturated carbocycles. The van der Waals surface area contributed by atoms with Crippen molar-refractivity contribution in [2.75, 3.05) is 43.5 Å². The number of aliphatic hydroxyl groups is 1. The number of carbonyl (C=O) groups excluding carboxylic acids is 1. The van der Waals surface area contributed by atoms with E-state index in [-0.39, 0.29) is 12.0 Å². The molecule has 2 aliphatic rings. The van der Waals surface area contributed by atoms with Crippen molar-refractivity contribution in [3.05, 3.63) is 29.1 Å². The molecule has 0 spiro atoms. The average Bonchev–Trinajstić information content (AvgIpc) is 3.12. The van der Waals surface area contributed by atoms with E-state index in [9.17, 15) is 9.90 Å². The van der Waals surface area contributed by atoms with Crippen LogP contribution in [0.3, 0.4) is 0 Å². The van der Waals surface area contributed by atoms with E-state index in [1.165, 1.54) is 6.39 Å². The van der Waals surface area contributed by atoms with Gasteiger partial charge in [0.05, 0.1) is 18.3 Å². The van der Waals surface area contributed by atoms with Gasteiger partial charge in [-0.1, -0.05) is 0 Å². The number of hydrogen-bond acceptors (Lipinski definition) is 8. The van der Waals surface area contributed by atoms with E-state index in [1.54, 1.807) is 11.8 Å². The summed E-state index contributed by atoms with van der Waals surface area (Å²) in [6.07, 6.45) is 3.16. The van der Waals surface area contributed by atoms with Gasteiger partial charge < -0.3 is 24.2 Å². The molecule has 0 atom stereocenters. The Morgan fingerprint density at radius 1 is 1.25 bits per heavy atom. The number of piperidine rings is 1. The van der Waals surface area contributed by atoms with Crippen LogP contribution in [0.2, 0.25) is 0 Å². The van der Waals surface area contributed by atoms with Crippen molar-refractivity contribution in [2.24, 2.45) is 0 Å². The molecule has 0 radical (unpaired) electrons. The Morgan fingerprint density at radius 2 is 2.00 bits per heavy atom. The van der Waals surface area contributed by atoms with Crippen molar-refractivity contribution in [3.8, 4) is 0 Å². The maximum absolute atomic E-state index is 12.9. The molecule has 150 valence electrons. The predicted molar refractivity (Wildman–Crippen MR) is 103 cm³/mol. The summed E-state index contributed by atoms with van der Waals surface area (Å²) in [6.45, 7) is 4.26. The number of aromatic nitrogens is 3. The van der Waals surface area contributed by atoms with Gasteiger partial charge in [-0.05, 0) is 19.8 Å². The molecule has 28 heavy (non-hydrogen) atoms. The lowest BCUT2D eigenvalue weighted by molar-refractivity contribution is 0.0726. The number of fused-ring (bicyclic) bond motifs is 1. The van der Waals surface area contributed by atoms with E-state index in [2.05, 4.69) is 9.88 Å². The first kappa shape index (κ1) is 18.7. The van der Waals surface area contributed by atoms with Crippen molar-refractivity contribution in [2.45, 2.75) is 38.8 Å². The van der Waals surface area contributed by atoms with E-state index in [1.807, 2.05) is 19.0 Å². The van der Waals surface area contributed by atoms with Crippen molar-refractivity contribution >= 4 is 17.7 Å². The lowest BCUT2D eigenvalue weighted by Gasteiger charge is -2.36. The van der Waals surface area contributed by atoms with Gasteiger partial charge in [0, 0.05) is 45.7 Å². The number of aliphatic hydroxyl groups excluding tert-OH is 1. The fraction of sp³-hybridized carbons (Fsp3) is 0.579. The van der Waals surface area contributed by atoms with Gasteiger partial charge in [0.2, 0.25) is 5.95 Å². The molecule has 0 bridgehead atoms. The molecule has 4 heterocycles. The van der Waals surface area contributed by atoms with E-state index >= 15 is 0 Å². The van der Waals surface area contributed by atoms with E-state index in [4.69, 9.17) is 14.4 Å². The Bertz CT molecular complexity index is 873. The van der Waals surface area contributed by atoms with Crippen LogP contribution in [-0.2, 0) is 13.0 Å². The van der Waals surface area contributed by atoms with Crippen molar-refractivity contribution < 1.29 is 14.3 Å². The highest BCUT2D eigenvalue weighted by molar-refractivity contribution is 5.93. The third kappa shape index (κ3) is 3.42. The molecule has 2 aliphatic heterocycles. The van der Waals surface area contributed by atoms with Gasteiger partial charge in [-0.2, -0.15) is 4.98 Å². The van der Waals surface area contributed by atoms with Gasteiger partial charge in [-0.25, -0.2) is 9.97 Å². The first-order valence-corrected chi connectivity index (χ1v) is 9.63. The average molecular weight is 386 g/mol. The lowest BCUT2D eigenvalue weighted by atomic mass is 10.0. The van der Waals surface area contributed by atoms with E-state index < -0.39 is 0 Å². The zero-order chi connectivity index (χ0) is 19.8.